The summed E-state index contributed by atoms with van der Waals surface area (Å²) in [6.07, 6.45) is 8.06. The Balaban J connectivity index is 0.000000292. The lowest BCUT2D eigenvalue weighted by Crippen LogP contribution is -2.17. The standard InChI is InChI=1S/C19H28S.C6H4F2/c1-15(2)5-8-17-9-13-19(14-10-17)20(4)18-11-6-16(3)7-12-18;7-5-1-2-6(8)4-3-5/h6-7,11-12,17,19H,1,4-5,8-10,13-14H2,2-3H3;1-4H. The molecule has 3 rings (SSSR count). The second-order valence-electron chi connectivity index (χ2n) is 7.82. The van der Waals surface area contributed by atoms with E-state index in [0.717, 1.165) is 35.4 Å². The molecule has 0 N–H and O–H groups in total. The van der Waals surface area contributed by atoms with Crippen LogP contribution in [-0.2, 0) is 0 Å². The van der Waals surface area contributed by atoms with Crippen LogP contribution in [0.3, 0.4) is 0 Å². The molecule has 1 atom stereocenters. The van der Waals surface area contributed by atoms with Crippen molar-refractivity contribution in [2.24, 2.45) is 5.92 Å². The van der Waals surface area contributed by atoms with Gasteiger partial charge in [-0.3, -0.25) is 0 Å². The highest BCUT2D eigenvalue weighted by Crippen LogP contribution is 2.41. The number of benzene rings is 2. The van der Waals surface area contributed by atoms with Crippen LogP contribution < -0.4 is 0 Å². The molecular formula is C25H32F2S. The van der Waals surface area contributed by atoms with Gasteiger partial charge < -0.3 is 0 Å². The van der Waals surface area contributed by atoms with Crippen molar-refractivity contribution in [2.75, 3.05) is 0 Å². The molecule has 1 unspecified atom stereocenters. The fraction of sp³-hybridized carbons (Fsp3) is 0.400. The third-order valence-electron chi connectivity index (χ3n) is 5.30. The van der Waals surface area contributed by atoms with Crippen molar-refractivity contribution in [1.82, 2.24) is 0 Å². The van der Waals surface area contributed by atoms with Crippen LogP contribution in [0.2, 0.25) is 0 Å². The maximum Gasteiger partial charge on any atom is 0.123 e. The summed E-state index contributed by atoms with van der Waals surface area (Å²) in [5.74, 6) is 4.58. The highest BCUT2D eigenvalue weighted by atomic mass is 32.2. The van der Waals surface area contributed by atoms with Gasteiger partial charge in [0.25, 0.3) is 0 Å². The van der Waals surface area contributed by atoms with Crippen LogP contribution in [0.25, 0.3) is 0 Å². The van der Waals surface area contributed by atoms with Crippen molar-refractivity contribution < 1.29 is 8.78 Å². The van der Waals surface area contributed by atoms with E-state index in [1.54, 1.807) is 0 Å². The van der Waals surface area contributed by atoms with Crippen LogP contribution >= 0.6 is 10.5 Å². The van der Waals surface area contributed by atoms with Crippen LogP contribution in [0.15, 0.2) is 65.6 Å². The minimum Gasteiger partial charge on any atom is -0.207 e. The summed E-state index contributed by atoms with van der Waals surface area (Å²) in [7, 11) is 0.177. The zero-order valence-electron chi connectivity index (χ0n) is 17.1. The average Bonchev–Trinajstić information content (AvgIpc) is 2.69. The van der Waals surface area contributed by atoms with E-state index in [2.05, 4.69) is 50.6 Å². The molecule has 28 heavy (non-hydrogen) atoms. The quantitative estimate of drug-likeness (QED) is 0.352. The molecule has 0 spiro atoms. The highest BCUT2D eigenvalue weighted by Gasteiger charge is 2.22. The monoisotopic (exact) mass is 402 g/mol. The minimum absolute atomic E-state index is 0.177. The van der Waals surface area contributed by atoms with Gasteiger partial charge in [0.1, 0.15) is 11.6 Å². The van der Waals surface area contributed by atoms with Crippen molar-refractivity contribution >= 4 is 16.4 Å². The Morgan fingerprint density at radius 1 is 0.929 bits per heavy atom. The molecule has 1 saturated carbocycles. The summed E-state index contributed by atoms with van der Waals surface area (Å²) < 4.78 is 23.8. The van der Waals surface area contributed by atoms with Gasteiger partial charge in [0, 0.05) is 10.1 Å². The first-order valence-electron chi connectivity index (χ1n) is 10.00. The van der Waals surface area contributed by atoms with Crippen LogP contribution in [0.5, 0.6) is 0 Å². The summed E-state index contributed by atoms with van der Waals surface area (Å²) in [5, 5.41) is 0.804. The SMILES string of the molecule is C=C(C)CCC1CCC(S(=C)c2ccc(C)cc2)CC1.Fc1ccc(F)cc1. The second kappa shape index (κ2) is 11.3. The Hall–Kier alpha value is -1.74. The molecule has 3 heteroatoms. The number of allylic oxidation sites excluding steroid dienone is 1. The highest BCUT2D eigenvalue weighted by molar-refractivity contribution is 8.14. The van der Waals surface area contributed by atoms with Crippen LogP contribution in [0.4, 0.5) is 8.78 Å². The Bertz CT molecular complexity index is 733. The first-order valence-corrected chi connectivity index (χ1v) is 11.5. The summed E-state index contributed by atoms with van der Waals surface area (Å²) in [6, 6.07) is 13.3. The molecule has 152 valence electrons. The van der Waals surface area contributed by atoms with Crippen molar-refractivity contribution in [3.63, 3.8) is 0 Å². The summed E-state index contributed by atoms with van der Waals surface area (Å²) in [5.41, 5.74) is 2.68. The van der Waals surface area contributed by atoms with Gasteiger partial charge >= 0.3 is 0 Å². The van der Waals surface area contributed by atoms with Gasteiger partial charge in [0.15, 0.2) is 0 Å². The molecule has 0 bridgehead atoms. The summed E-state index contributed by atoms with van der Waals surface area (Å²) in [6.45, 7) is 8.32. The van der Waals surface area contributed by atoms with E-state index in [1.165, 1.54) is 54.6 Å². The van der Waals surface area contributed by atoms with Crippen molar-refractivity contribution in [2.45, 2.75) is 62.5 Å². The molecular weight excluding hydrogens is 370 g/mol. The van der Waals surface area contributed by atoms with Gasteiger partial charge in [0.05, 0.1) is 0 Å². The molecule has 1 aliphatic rings. The predicted octanol–water partition coefficient (Wildman–Crippen LogP) is 7.93. The fourth-order valence-electron chi connectivity index (χ4n) is 3.49. The van der Waals surface area contributed by atoms with E-state index in [9.17, 15) is 8.78 Å². The molecule has 2 aromatic carbocycles. The molecule has 0 aliphatic heterocycles. The topological polar surface area (TPSA) is 0 Å². The zero-order valence-corrected chi connectivity index (χ0v) is 17.9. The van der Waals surface area contributed by atoms with Crippen LogP contribution in [0.1, 0.15) is 51.0 Å². The minimum atomic E-state index is -0.411. The molecule has 0 radical (unpaired) electrons. The third-order valence-corrected chi connectivity index (χ3v) is 7.46. The van der Waals surface area contributed by atoms with E-state index in [-0.39, 0.29) is 10.5 Å². The lowest BCUT2D eigenvalue weighted by molar-refractivity contribution is 0.345. The number of hydrogen-bond acceptors (Lipinski definition) is 0. The van der Waals surface area contributed by atoms with Crippen molar-refractivity contribution in [1.29, 1.82) is 0 Å². The van der Waals surface area contributed by atoms with Gasteiger partial charge in [-0.25, -0.2) is 8.78 Å². The normalized spacial score (nSPS) is 20.0. The average molecular weight is 403 g/mol. The lowest BCUT2D eigenvalue weighted by Gasteiger charge is -2.30. The van der Waals surface area contributed by atoms with Crippen LogP contribution in [-0.4, -0.2) is 11.1 Å². The Morgan fingerprint density at radius 3 is 1.89 bits per heavy atom. The Kier molecular flexibility index (Phi) is 9.11. The first kappa shape index (κ1) is 22.5. The first-order chi connectivity index (χ1) is 13.3. The van der Waals surface area contributed by atoms with E-state index in [1.807, 2.05) is 0 Å². The second-order valence-corrected chi connectivity index (χ2v) is 9.81. The van der Waals surface area contributed by atoms with E-state index in [0.29, 0.717) is 0 Å². The number of hydrogen-bond donors (Lipinski definition) is 0. The molecule has 1 aliphatic carbocycles. The maximum absolute atomic E-state index is 11.9. The predicted molar refractivity (Wildman–Crippen MR) is 120 cm³/mol. The largest absolute Gasteiger partial charge is 0.207 e. The van der Waals surface area contributed by atoms with E-state index >= 15 is 0 Å². The maximum atomic E-state index is 11.9. The molecule has 0 amide bonds. The van der Waals surface area contributed by atoms with Gasteiger partial charge in [-0.05, 0) is 94.7 Å². The summed E-state index contributed by atoms with van der Waals surface area (Å²) >= 11 is 0. The molecule has 0 saturated heterocycles. The van der Waals surface area contributed by atoms with Gasteiger partial charge in [-0.1, -0.05) is 29.1 Å². The van der Waals surface area contributed by atoms with Gasteiger partial charge in [-0.2, -0.15) is 10.5 Å². The van der Waals surface area contributed by atoms with Crippen molar-refractivity contribution in [3.05, 3.63) is 77.9 Å². The third kappa shape index (κ3) is 7.71. The summed E-state index contributed by atoms with van der Waals surface area (Å²) in [4.78, 5) is 1.45. The molecule has 0 aromatic heterocycles. The smallest absolute Gasteiger partial charge is 0.123 e. The van der Waals surface area contributed by atoms with Gasteiger partial charge in [0.2, 0.25) is 0 Å². The fourth-order valence-corrected chi connectivity index (χ4v) is 5.20. The number of rotatable bonds is 5. The van der Waals surface area contributed by atoms with Crippen LogP contribution in [0, 0.1) is 24.5 Å². The lowest BCUT2D eigenvalue weighted by atomic mass is 9.85. The molecule has 1 fully saturated rings. The number of aryl methyl sites for hydroxylation is 1. The zero-order chi connectivity index (χ0) is 20.5. The molecule has 0 heterocycles. The van der Waals surface area contributed by atoms with E-state index < -0.39 is 11.6 Å². The molecule has 2 aromatic rings. The van der Waals surface area contributed by atoms with E-state index in [4.69, 9.17) is 0 Å². The molecule has 0 nitrogen and oxygen atoms in total. The Morgan fingerprint density at radius 2 is 1.43 bits per heavy atom. The van der Waals surface area contributed by atoms with Gasteiger partial charge in [-0.15, -0.1) is 6.58 Å². The number of halogens is 2. The van der Waals surface area contributed by atoms with Crippen molar-refractivity contribution in [3.8, 4) is 0 Å². The Labute approximate surface area is 171 Å².